The number of hydrogen-bond donors (Lipinski definition) is 2. The molecule has 1 aromatic carbocycles. The first kappa shape index (κ1) is 17.0. The van der Waals surface area contributed by atoms with Crippen molar-refractivity contribution >= 4 is 23.4 Å². The first-order valence-electron chi connectivity index (χ1n) is 9.21. The Kier molecular flexibility index (Phi) is 4.19. The summed E-state index contributed by atoms with van der Waals surface area (Å²) in [7, 11) is 0. The molecule has 0 aromatic heterocycles. The topological polar surface area (TPSA) is 81.8 Å². The van der Waals surface area contributed by atoms with Gasteiger partial charge in [-0.05, 0) is 44.0 Å². The Balaban J connectivity index is 1.57. The highest BCUT2D eigenvalue weighted by Crippen LogP contribution is 2.31. The molecule has 0 spiro atoms. The number of piperazine rings is 1. The Morgan fingerprint density at radius 3 is 2.69 bits per heavy atom. The van der Waals surface area contributed by atoms with Gasteiger partial charge in [0.2, 0.25) is 11.8 Å². The number of amides is 3. The molecule has 2 N–H and O–H groups in total. The van der Waals surface area contributed by atoms with Crippen LogP contribution >= 0.6 is 0 Å². The molecule has 26 heavy (non-hydrogen) atoms. The molecule has 7 heteroatoms. The number of imide groups is 1. The number of carbonyl (C=O) groups excluding carboxylic acids is 3. The molecular weight excluding hydrogens is 332 g/mol. The van der Waals surface area contributed by atoms with Gasteiger partial charge in [-0.25, -0.2) is 0 Å². The van der Waals surface area contributed by atoms with Crippen molar-refractivity contribution in [2.75, 3.05) is 18.0 Å². The zero-order valence-corrected chi connectivity index (χ0v) is 15.1. The minimum Gasteiger partial charge on any atom is -0.366 e. The van der Waals surface area contributed by atoms with Gasteiger partial charge in [0.1, 0.15) is 6.04 Å². The zero-order valence-electron chi connectivity index (χ0n) is 15.1. The molecule has 3 heterocycles. The minimum atomic E-state index is -0.561. The molecule has 3 amide bonds. The van der Waals surface area contributed by atoms with Crippen LogP contribution in [0.2, 0.25) is 0 Å². The van der Waals surface area contributed by atoms with E-state index in [9.17, 15) is 14.4 Å². The van der Waals surface area contributed by atoms with Crippen LogP contribution in [0.5, 0.6) is 0 Å². The second-order valence-electron chi connectivity index (χ2n) is 7.55. The van der Waals surface area contributed by atoms with Crippen LogP contribution in [0, 0.1) is 0 Å². The summed E-state index contributed by atoms with van der Waals surface area (Å²) in [6, 6.07) is 6.19. The molecule has 0 bridgehead atoms. The summed E-state index contributed by atoms with van der Waals surface area (Å²) in [5.41, 5.74) is 2.73. The maximum atomic E-state index is 12.8. The van der Waals surface area contributed by atoms with Crippen molar-refractivity contribution in [2.24, 2.45) is 0 Å². The third-order valence-corrected chi connectivity index (χ3v) is 5.60. The summed E-state index contributed by atoms with van der Waals surface area (Å²) in [6.07, 6.45) is 0.668. The van der Waals surface area contributed by atoms with E-state index in [0.717, 1.165) is 24.3 Å². The minimum absolute atomic E-state index is 0.122. The molecule has 3 atom stereocenters. The third kappa shape index (κ3) is 2.86. The van der Waals surface area contributed by atoms with Gasteiger partial charge in [-0.1, -0.05) is 0 Å². The third-order valence-electron chi connectivity index (χ3n) is 5.60. The number of fused-ring (bicyclic) bond motifs is 1. The van der Waals surface area contributed by atoms with Crippen LogP contribution in [-0.2, 0) is 16.1 Å². The summed E-state index contributed by atoms with van der Waals surface area (Å²) in [6.45, 7) is 6.63. The van der Waals surface area contributed by atoms with Gasteiger partial charge in [0, 0.05) is 49.4 Å². The summed E-state index contributed by atoms with van der Waals surface area (Å²) in [5.74, 6) is -0.755. The highest BCUT2D eigenvalue weighted by atomic mass is 16.2. The van der Waals surface area contributed by atoms with Crippen LogP contribution in [0.4, 0.5) is 5.69 Å². The number of benzene rings is 1. The van der Waals surface area contributed by atoms with Crippen molar-refractivity contribution in [3.63, 3.8) is 0 Å². The Labute approximate surface area is 152 Å². The summed E-state index contributed by atoms with van der Waals surface area (Å²) >= 11 is 0. The van der Waals surface area contributed by atoms with E-state index in [-0.39, 0.29) is 24.1 Å². The van der Waals surface area contributed by atoms with E-state index >= 15 is 0 Å². The van der Waals surface area contributed by atoms with Gasteiger partial charge in [0.05, 0.1) is 0 Å². The van der Waals surface area contributed by atoms with Gasteiger partial charge in [-0.2, -0.15) is 0 Å². The SMILES string of the molecule is C[C@@H]1CN[C@@H](C)CN1c1ccc2c(c1)CN(C1CCC(=O)NC1=O)C2=O. The van der Waals surface area contributed by atoms with E-state index in [1.807, 2.05) is 12.1 Å². The van der Waals surface area contributed by atoms with E-state index in [1.165, 1.54) is 0 Å². The lowest BCUT2D eigenvalue weighted by Gasteiger charge is -2.39. The normalized spacial score (nSPS) is 29.0. The summed E-state index contributed by atoms with van der Waals surface area (Å²) in [5, 5.41) is 5.81. The molecule has 2 saturated heterocycles. The van der Waals surface area contributed by atoms with Crippen LogP contribution in [0.25, 0.3) is 0 Å². The molecule has 0 radical (unpaired) electrons. The Bertz CT molecular complexity index is 778. The summed E-state index contributed by atoms with van der Waals surface area (Å²) < 4.78 is 0. The largest absolute Gasteiger partial charge is 0.366 e. The van der Waals surface area contributed by atoms with Crippen LogP contribution in [0.15, 0.2) is 18.2 Å². The number of carbonyl (C=O) groups is 3. The fourth-order valence-corrected chi connectivity index (χ4v) is 4.12. The maximum absolute atomic E-state index is 12.8. The molecule has 0 aliphatic carbocycles. The zero-order chi connectivity index (χ0) is 18.4. The van der Waals surface area contributed by atoms with E-state index in [1.54, 1.807) is 4.90 Å². The number of nitrogens with zero attached hydrogens (tertiary/aromatic N) is 2. The van der Waals surface area contributed by atoms with Crippen LogP contribution in [0.3, 0.4) is 0 Å². The molecule has 3 aliphatic heterocycles. The van der Waals surface area contributed by atoms with E-state index in [0.29, 0.717) is 30.6 Å². The van der Waals surface area contributed by atoms with Crippen molar-refractivity contribution in [1.29, 1.82) is 0 Å². The molecule has 1 unspecified atom stereocenters. The number of anilines is 1. The predicted octanol–water partition coefficient (Wildman–Crippen LogP) is 0.634. The Hall–Kier alpha value is -2.41. The second kappa shape index (κ2) is 6.39. The second-order valence-corrected chi connectivity index (χ2v) is 7.55. The van der Waals surface area contributed by atoms with Crippen molar-refractivity contribution in [3.05, 3.63) is 29.3 Å². The maximum Gasteiger partial charge on any atom is 0.255 e. The molecule has 1 aromatic rings. The lowest BCUT2D eigenvalue weighted by molar-refractivity contribution is -0.136. The lowest BCUT2D eigenvalue weighted by atomic mass is 10.0. The van der Waals surface area contributed by atoms with Crippen LogP contribution < -0.4 is 15.5 Å². The van der Waals surface area contributed by atoms with Crippen molar-refractivity contribution in [2.45, 2.75) is 51.4 Å². The van der Waals surface area contributed by atoms with E-state index < -0.39 is 6.04 Å². The lowest BCUT2D eigenvalue weighted by Crippen LogP contribution is -2.54. The van der Waals surface area contributed by atoms with Crippen LogP contribution in [0.1, 0.15) is 42.6 Å². The standard InChI is InChI=1S/C19H24N4O3/c1-11-9-22(12(2)8-20-11)14-3-4-15-13(7-14)10-23(19(15)26)16-5-6-17(24)21-18(16)25/h3-4,7,11-12,16,20H,5-6,8-10H2,1-2H3,(H,21,24,25)/t11-,12+,16?/m0/s1. The van der Waals surface area contributed by atoms with Gasteiger partial charge >= 0.3 is 0 Å². The number of piperidine rings is 1. The van der Waals surface area contributed by atoms with Crippen molar-refractivity contribution < 1.29 is 14.4 Å². The smallest absolute Gasteiger partial charge is 0.255 e. The van der Waals surface area contributed by atoms with E-state index in [4.69, 9.17) is 0 Å². The molecule has 2 fully saturated rings. The van der Waals surface area contributed by atoms with Gasteiger partial charge in [0.15, 0.2) is 0 Å². The highest BCUT2D eigenvalue weighted by molar-refractivity contribution is 6.05. The molecule has 4 rings (SSSR count). The highest BCUT2D eigenvalue weighted by Gasteiger charge is 2.39. The van der Waals surface area contributed by atoms with Crippen molar-refractivity contribution in [1.82, 2.24) is 15.5 Å². The summed E-state index contributed by atoms with van der Waals surface area (Å²) in [4.78, 5) is 40.2. The number of hydrogen-bond acceptors (Lipinski definition) is 5. The molecule has 0 saturated carbocycles. The first-order valence-corrected chi connectivity index (χ1v) is 9.21. The fourth-order valence-electron chi connectivity index (χ4n) is 4.12. The predicted molar refractivity (Wildman–Crippen MR) is 96.8 cm³/mol. The van der Waals surface area contributed by atoms with Crippen LogP contribution in [-0.4, -0.2) is 53.8 Å². The average molecular weight is 356 g/mol. The molecular formula is C19H24N4O3. The molecule has 3 aliphatic rings. The van der Waals surface area contributed by atoms with E-state index in [2.05, 4.69) is 35.4 Å². The number of nitrogens with one attached hydrogen (secondary N) is 2. The van der Waals surface area contributed by atoms with Gasteiger partial charge in [0.25, 0.3) is 5.91 Å². The van der Waals surface area contributed by atoms with Gasteiger partial charge in [-0.3, -0.25) is 19.7 Å². The Morgan fingerprint density at radius 1 is 1.12 bits per heavy atom. The molecule has 138 valence electrons. The number of rotatable bonds is 2. The molecule has 7 nitrogen and oxygen atoms in total. The Morgan fingerprint density at radius 2 is 1.92 bits per heavy atom. The van der Waals surface area contributed by atoms with Gasteiger partial charge < -0.3 is 15.1 Å². The van der Waals surface area contributed by atoms with Gasteiger partial charge in [-0.15, -0.1) is 0 Å². The average Bonchev–Trinajstić information content (AvgIpc) is 2.93. The van der Waals surface area contributed by atoms with Crippen molar-refractivity contribution in [3.8, 4) is 0 Å². The monoisotopic (exact) mass is 356 g/mol. The first-order chi connectivity index (χ1) is 12.4. The quantitative estimate of drug-likeness (QED) is 0.760. The fraction of sp³-hybridized carbons (Fsp3) is 0.526.